The van der Waals surface area contributed by atoms with Crippen LogP contribution in [0.2, 0.25) is 0 Å². The lowest BCUT2D eigenvalue weighted by molar-refractivity contribution is -0.136. The number of para-hydroxylation sites is 1. The third-order valence-electron chi connectivity index (χ3n) is 10.8. The molecule has 1 saturated heterocycles. The first-order valence-electron chi connectivity index (χ1n) is 13.7. The molecular weight excluding hydrogens is 466 g/mol. The largest absolute Gasteiger partial charge is 0.319 e. The minimum atomic E-state index is 0.109. The van der Waals surface area contributed by atoms with Crippen molar-refractivity contribution in [1.29, 1.82) is 0 Å². The normalized spacial score (nSPS) is 36.0. The van der Waals surface area contributed by atoms with E-state index in [1.807, 2.05) is 18.0 Å². The number of allylic oxidation sites excluding steroid dienone is 2. The van der Waals surface area contributed by atoms with Crippen LogP contribution < -0.4 is 5.32 Å². The molecule has 6 rings (SSSR count). The smallest absolute Gasteiger partial charge is 0.226 e. The maximum absolute atomic E-state index is 13.2. The van der Waals surface area contributed by atoms with Crippen LogP contribution in [0, 0.1) is 41.4 Å². The summed E-state index contributed by atoms with van der Waals surface area (Å²) in [4.78, 5) is 32.4. The van der Waals surface area contributed by atoms with Gasteiger partial charge in [0.1, 0.15) is 0 Å². The first-order valence-corrected chi connectivity index (χ1v) is 14.6. The molecule has 1 aromatic carbocycles. The summed E-state index contributed by atoms with van der Waals surface area (Å²) in [6.07, 6.45) is 8.12. The van der Waals surface area contributed by atoms with E-state index >= 15 is 0 Å². The van der Waals surface area contributed by atoms with E-state index in [4.69, 9.17) is 4.98 Å². The van der Waals surface area contributed by atoms with E-state index in [1.165, 1.54) is 30.5 Å². The molecule has 4 aliphatic rings. The summed E-state index contributed by atoms with van der Waals surface area (Å²) in [7, 11) is 1.99. The minimum absolute atomic E-state index is 0.109. The number of carbonyl (C=O) groups is 2. The fourth-order valence-electron chi connectivity index (χ4n) is 9.09. The highest BCUT2D eigenvalue weighted by molar-refractivity contribution is 7.22. The molecule has 1 aromatic heterocycles. The van der Waals surface area contributed by atoms with Gasteiger partial charge in [-0.2, -0.15) is 0 Å². The number of aromatic nitrogens is 1. The maximum Gasteiger partial charge on any atom is 0.226 e. The molecule has 1 aliphatic heterocycles. The molecule has 2 amide bonds. The lowest BCUT2D eigenvalue weighted by Crippen LogP contribution is -2.54. The van der Waals surface area contributed by atoms with E-state index in [0.29, 0.717) is 36.5 Å². The van der Waals surface area contributed by atoms with Crippen molar-refractivity contribution in [2.24, 2.45) is 34.5 Å². The summed E-state index contributed by atoms with van der Waals surface area (Å²) in [6.45, 7) is 9.25. The lowest BCUT2D eigenvalue weighted by atomic mass is 9.48. The number of aryl methyl sites for hydroxylation is 1. The Bertz CT molecular complexity index is 1280. The number of nitrogens with one attached hydrogen (secondary N) is 1. The van der Waals surface area contributed by atoms with E-state index in [0.717, 1.165) is 40.2 Å². The van der Waals surface area contributed by atoms with Crippen LogP contribution in [0.3, 0.4) is 0 Å². The Labute approximate surface area is 218 Å². The maximum atomic E-state index is 13.2. The van der Waals surface area contributed by atoms with Crippen molar-refractivity contribution in [1.82, 2.24) is 9.88 Å². The highest BCUT2D eigenvalue weighted by Crippen LogP contribution is 2.67. The number of piperidine rings is 1. The molecule has 2 unspecified atom stereocenters. The van der Waals surface area contributed by atoms with Crippen LogP contribution in [0.25, 0.3) is 10.2 Å². The predicted molar refractivity (Wildman–Crippen MR) is 146 cm³/mol. The van der Waals surface area contributed by atoms with Crippen molar-refractivity contribution in [3.8, 4) is 0 Å². The number of likely N-dealkylation sites (tertiary alicyclic amines) is 1. The Morgan fingerprint density at radius 1 is 1.17 bits per heavy atom. The van der Waals surface area contributed by atoms with Crippen LogP contribution in [0.4, 0.5) is 5.13 Å². The topological polar surface area (TPSA) is 62.3 Å². The van der Waals surface area contributed by atoms with Crippen molar-refractivity contribution in [2.45, 2.75) is 79.1 Å². The average molecular weight is 506 g/mol. The number of fused-ring (bicyclic) bond motifs is 6. The number of hydrogen-bond acceptors (Lipinski definition) is 4. The molecule has 0 bridgehead atoms. The van der Waals surface area contributed by atoms with E-state index in [-0.39, 0.29) is 22.6 Å². The first-order chi connectivity index (χ1) is 17.1. The molecule has 6 atom stereocenters. The van der Waals surface area contributed by atoms with E-state index in [2.05, 4.69) is 45.1 Å². The van der Waals surface area contributed by atoms with Crippen LogP contribution in [-0.4, -0.2) is 28.7 Å². The molecule has 2 aromatic rings. The van der Waals surface area contributed by atoms with Gasteiger partial charge < -0.3 is 10.2 Å². The van der Waals surface area contributed by atoms with Crippen LogP contribution in [0.15, 0.2) is 29.5 Å². The van der Waals surface area contributed by atoms with Crippen molar-refractivity contribution in [2.75, 3.05) is 12.4 Å². The molecule has 2 saturated carbocycles. The summed E-state index contributed by atoms with van der Waals surface area (Å²) in [6, 6.07) is 6.19. The standard InChI is InChI=1S/C30H39N3O2S/c1-17-7-6-8-23-26(17)32-28(36-23)31-24(34)16-19-9-10-21-20-15-18(2)27-30(4,14-12-25(35)33(27)5)22(20)11-13-29(19,21)3/h6-8,19-22H,9-16H2,1-5H3,(H,31,32,34)/t19-,20?,21+,22?,29-,30-/m1/s1. The number of carbonyl (C=O) groups excluding carboxylic acids is 2. The Morgan fingerprint density at radius 3 is 2.75 bits per heavy atom. The van der Waals surface area contributed by atoms with Crippen LogP contribution in [-0.2, 0) is 9.59 Å². The first kappa shape index (κ1) is 24.1. The second-order valence-corrected chi connectivity index (χ2v) is 13.6. The number of nitrogens with zero attached hydrogens (tertiary/aromatic N) is 2. The molecule has 2 heterocycles. The average Bonchev–Trinajstić information content (AvgIpc) is 3.38. The second kappa shape index (κ2) is 8.41. The third-order valence-corrected chi connectivity index (χ3v) is 11.7. The Kier molecular flexibility index (Phi) is 5.64. The summed E-state index contributed by atoms with van der Waals surface area (Å²) < 4.78 is 1.13. The Hall–Kier alpha value is -2.21. The predicted octanol–water partition coefficient (Wildman–Crippen LogP) is 6.93. The van der Waals surface area contributed by atoms with Crippen molar-refractivity contribution >= 4 is 38.5 Å². The van der Waals surface area contributed by atoms with Gasteiger partial charge in [0.15, 0.2) is 5.13 Å². The SMILES string of the molecule is CC1=C2N(C)C(=O)CC[C@]2(C)C2CC[C@]3(C)[C@@H](CC(=O)Nc4nc5c(C)cccc5s4)CC[C@H]3C2C1. The highest BCUT2D eigenvalue weighted by Gasteiger charge is 2.60. The van der Waals surface area contributed by atoms with Gasteiger partial charge in [-0.25, -0.2) is 4.98 Å². The van der Waals surface area contributed by atoms with E-state index in [1.54, 1.807) is 11.3 Å². The monoisotopic (exact) mass is 505 g/mol. The molecule has 36 heavy (non-hydrogen) atoms. The van der Waals surface area contributed by atoms with Gasteiger partial charge in [-0.15, -0.1) is 0 Å². The molecule has 6 heteroatoms. The Morgan fingerprint density at radius 2 is 1.97 bits per heavy atom. The summed E-state index contributed by atoms with van der Waals surface area (Å²) >= 11 is 1.57. The lowest BCUT2D eigenvalue weighted by Gasteiger charge is -2.59. The molecule has 192 valence electrons. The third kappa shape index (κ3) is 3.50. The zero-order chi connectivity index (χ0) is 25.4. The fourth-order valence-corrected chi connectivity index (χ4v) is 10.0. The molecule has 0 radical (unpaired) electrons. The molecule has 0 spiro atoms. The fraction of sp³-hybridized carbons (Fsp3) is 0.633. The number of rotatable bonds is 3. The number of amides is 2. The summed E-state index contributed by atoms with van der Waals surface area (Å²) in [5.74, 6) is 2.78. The number of benzene rings is 1. The molecule has 1 N–H and O–H groups in total. The number of anilines is 1. The summed E-state index contributed by atoms with van der Waals surface area (Å²) in [5, 5.41) is 3.86. The van der Waals surface area contributed by atoms with Crippen LogP contribution >= 0.6 is 11.3 Å². The van der Waals surface area contributed by atoms with Crippen molar-refractivity contribution in [3.63, 3.8) is 0 Å². The quantitative estimate of drug-likeness (QED) is 0.492. The van der Waals surface area contributed by atoms with Gasteiger partial charge in [-0.3, -0.25) is 9.59 Å². The zero-order valence-corrected chi connectivity index (χ0v) is 23.1. The molecule has 3 fully saturated rings. The zero-order valence-electron chi connectivity index (χ0n) is 22.3. The highest BCUT2D eigenvalue weighted by atomic mass is 32.1. The van der Waals surface area contributed by atoms with Gasteiger partial charge in [0, 0.05) is 31.0 Å². The number of thiazole rings is 1. The van der Waals surface area contributed by atoms with Gasteiger partial charge in [-0.05, 0) is 93.1 Å². The van der Waals surface area contributed by atoms with Gasteiger partial charge in [0.05, 0.1) is 10.2 Å². The van der Waals surface area contributed by atoms with Crippen molar-refractivity contribution < 1.29 is 9.59 Å². The van der Waals surface area contributed by atoms with Gasteiger partial charge in [0.25, 0.3) is 0 Å². The van der Waals surface area contributed by atoms with Crippen LogP contribution in [0.5, 0.6) is 0 Å². The molecule has 3 aliphatic carbocycles. The van der Waals surface area contributed by atoms with E-state index < -0.39 is 0 Å². The van der Waals surface area contributed by atoms with Crippen LogP contribution in [0.1, 0.15) is 77.7 Å². The molecule has 5 nitrogen and oxygen atoms in total. The van der Waals surface area contributed by atoms with Gasteiger partial charge >= 0.3 is 0 Å². The minimum Gasteiger partial charge on any atom is -0.319 e. The van der Waals surface area contributed by atoms with Crippen molar-refractivity contribution in [3.05, 3.63) is 35.0 Å². The summed E-state index contributed by atoms with van der Waals surface area (Å²) in [5.41, 5.74) is 5.21. The van der Waals surface area contributed by atoms with Gasteiger partial charge in [0.2, 0.25) is 11.8 Å². The van der Waals surface area contributed by atoms with Gasteiger partial charge in [-0.1, -0.05) is 42.9 Å². The van der Waals surface area contributed by atoms with E-state index in [9.17, 15) is 9.59 Å². The molecular formula is C30H39N3O2S. The Balaban J connectivity index is 1.20. The second-order valence-electron chi connectivity index (χ2n) is 12.6. The number of hydrogen-bond donors (Lipinski definition) is 1.